The van der Waals surface area contributed by atoms with E-state index in [1.54, 1.807) is 14.2 Å². The van der Waals surface area contributed by atoms with Gasteiger partial charge in [0, 0.05) is 0 Å². The van der Waals surface area contributed by atoms with Crippen LogP contribution in [0.3, 0.4) is 0 Å². The zero-order valence-corrected chi connectivity index (χ0v) is 15.3. The molecule has 2 aromatic carbocycles. The lowest BCUT2D eigenvalue weighted by atomic mass is 10.1. The third kappa shape index (κ3) is 3.74. The van der Waals surface area contributed by atoms with Crippen molar-refractivity contribution in [3.05, 3.63) is 47.5 Å². The van der Waals surface area contributed by atoms with Crippen molar-refractivity contribution in [2.75, 3.05) is 19.5 Å². The average molecular weight is 356 g/mol. The minimum atomic E-state index is -0.0961. The Kier molecular flexibility index (Phi) is 5.19. The molecule has 5 nitrogen and oxygen atoms in total. The van der Waals surface area contributed by atoms with Gasteiger partial charge in [-0.2, -0.15) is 0 Å². The normalized spacial score (nSPS) is 10.7. The van der Waals surface area contributed by atoms with Crippen molar-refractivity contribution < 1.29 is 14.3 Å². The lowest BCUT2D eigenvalue weighted by Gasteiger charge is -2.03. The second-order valence-corrected chi connectivity index (χ2v) is 6.56. The maximum Gasteiger partial charge on any atom is 0.230 e. The summed E-state index contributed by atoms with van der Waals surface area (Å²) in [6, 6.07) is 11.7. The molecule has 0 atom stereocenters. The van der Waals surface area contributed by atoms with Crippen LogP contribution in [-0.2, 0) is 17.6 Å². The number of methoxy groups -OCH3 is 2. The third-order valence-electron chi connectivity index (χ3n) is 3.95. The fraction of sp³-hybridized carbons (Fsp3) is 0.263. The number of amides is 1. The van der Waals surface area contributed by atoms with E-state index in [9.17, 15) is 4.79 Å². The van der Waals surface area contributed by atoms with Crippen LogP contribution >= 0.6 is 11.3 Å². The number of ether oxygens (including phenoxy) is 2. The fourth-order valence-electron chi connectivity index (χ4n) is 2.58. The van der Waals surface area contributed by atoms with Gasteiger partial charge < -0.3 is 14.8 Å². The topological polar surface area (TPSA) is 60.5 Å². The molecule has 0 unspecified atom stereocenters. The zero-order chi connectivity index (χ0) is 17.8. The minimum Gasteiger partial charge on any atom is -0.495 e. The molecule has 0 saturated carbocycles. The van der Waals surface area contributed by atoms with Crippen molar-refractivity contribution in [3.63, 3.8) is 0 Å². The number of anilines is 1. The van der Waals surface area contributed by atoms with Crippen molar-refractivity contribution >= 4 is 32.6 Å². The van der Waals surface area contributed by atoms with Crippen LogP contribution in [-0.4, -0.2) is 25.1 Å². The number of carbonyl (C=O) groups is 1. The second kappa shape index (κ2) is 7.53. The van der Waals surface area contributed by atoms with E-state index in [1.807, 2.05) is 24.3 Å². The van der Waals surface area contributed by atoms with Gasteiger partial charge in [-0.25, -0.2) is 4.98 Å². The van der Waals surface area contributed by atoms with Gasteiger partial charge in [-0.1, -0.05) is 42.5 Å². The molecule has 3 rings (SSSR count). The number of rotatable bonds is 6. The highest BCUT2D eigenvalue weighted by molar-refractivity contribution is 7.22. The molecule has 1 heterocycles. The third-order valence-corrected chi connectivity index (χ3v) is 4.94. The van der Waals surface area contributed by atoms with Gasteiger partial charge in [0.1, 0.15) is 21.7 Å². The van der Waals surface area contributed by atoms with Crippen molar-refractivity contribution in [2.24, 2.45) is 0 Å². The van der Waals surface area contributed by atoms with Crippen LogP contribution < -0.4 is 14.8 Å². The number of thiazole rings is 1. The van der Waals surface area contributed by atoms with E-state index in [1.165, 1.54) is 16.9 Å². The van der Waals surface area contributed by atoms with Crippen LogP contribution in [0.15, 0.2) is 36.4 Å². The second-order valence-electron chi connectivity index (χ2n) is 5.56. The predicted molar refractivity (Wildman–Crippen MR) is 101 cm³/mol. The van der Waals surface area contributed by atoms with Gasteiger partial charge in [-0.15, -0.1) is 0 Å². The number of nitrogens with one attached hydrogen (secondary N) is 1. The monoisotopic (exact) mass is 356 g/mol. The zero-order valence-electron chi connectivity index (χ0n) is 14.5. The Morgan fingerprint density at radius 3 is 2.32 bits per heavy atom. The summed E-state index contributed by atoms with van der Waals surface area (Å²) >= 11 is 1.37. The number of fused-ring (bicyclic) bond motifs is 1. The van der Waals surface area contributed by atoms with Crippen LogP contribution in [0.1, 0.15) is 18.1 Å². The smallest absolute Gasteiger partial charge is 0.230 e. The first kappa shape index (κ1) is 17.2. The number of aryl methyl sites for hydroxylation is 1. The number of hydrogen-bond acceptors (Lipinski definition) is 5. The van der Waals surface area contributed by atoms with Crippen molar-refractivity contribution in [1.82, 2.24) is 4.98 Å². The summed E-state index contributed by atoms with van der Waals surface area (Å²) in [4.78, 5) is 16.8. The van der Waals surface area contributed by atoms with Gasteiger partial charge in [-0.3, -0.25) is 4.79 Å². The number of nitrogens with zero attached hydrogens (tertiary/aromatic N) is 1. The summed E-state index contributed by atoms with van der Waals surface area (Å²) in [6.45, 7) is 2.11. The molecule has 130 valence electrons. The molecule has 6 heteroatoms. The van der Waals surface area contributed by atoms with E-state index in [0.29, 0.717) is 28.6 Å². The van der Waals surface area contributed by atoms with E-state index in [4.69, 9.17) is 9.47 Å². The average Bonchev–Trinajstić information content (AvgIpc) is 3.04. The maximum atomic E-state index is 12.3. The Morgan fingerprint density at radius 1 is 1.04 bits per heavy atom. The predicted octanol–water partition coefficient (Wildman–Crippen LogP) is 4.06. The lowest BCUT2D eigenvalue weighted by molar-refractivity contribution is -0.115. The van der Waals surface area contributed by atoms with Gasteiger partial charge >= 0.3 is 0 Å². The molecule has 1 amide bonds. The van der Waals surface area contributed by atoms with Crippen molar-refractivity contribution in [3.8, 4) is 11.5 Å². The first-order chi connectivity index (χ1) is 12.1. The number of aromatic nitrogens is 1. The summed E-state index contributed by atoms with van der Waals surface area (Å²) in [5.74, 6) is 1.27. The Balaban J connectivity index is 1.78. The van der Waals surface area contributed by atoms with Gasteiger partial charge in [-0.05, 0) is 29.7 Å². The summed E-state index contributed by atoms with van der Waals surface area (Å²) in [7, 11) is 3.21. The van der Waals surface area contributed by atoms with E-state index in [-0.39, 0.29) is 5.91 Å². The van der Waals surface area contributed by atoms with Crippen LogP contribution in [0.5, 0.6) is 11.5 Å². The van der Waals surface area contributed by atoms with E-state index in [0.717, 1.165) is 16.7 Å². The molecule has 0 radical (unpaired) electrons. The molecule has 0 aliphatic carbocycles. The van der Waals surface area contributed by atoms with Crippen molar-refractivity contribution in [1.29, 1.82) is 0 Å². The van der Waals surface area contributed by atoms with Crippen LogP contribution in [0.4, 0.5) is 5.13 Å². The van der Waals surface area contributed by atoms with Gasteiger partial charge in [0.15, 0.2) is 5.13 Å². The molecule has 0 saturated heterocycles. The summed E-state index contributed by atoms with van der Waals surface area (Å²) in [5, 5.41) is 3.40. The van der Waals surface area contributed by atoms with E-state index in [2.05, 4.69) is 29.4 Å². The Morgan fingerprint density at radius 2 is 1.68 bits per heavy atom. The minimum absolute atomic E-state index is 0.0961. The van der Waals surface area contributed by atoms with Gasteiger partial charge in [0.2, 0.25) is 5.91 Å². The Labute approximate surface area is 150 Å². The molecule has 1 aromatic heterocycles. The molecule has 0 aliphatic rings. The Hall–Kier alpha value is -2.60. The fourth-order valence-corrected chi connectivity index (χ4v) is 3.57. The standard InChI is InChI=1S/C19H20N2O3S/c1-4-12-5-7-13(8-6-12)11-16(22)20-19-21-17-14(23-2)9-10-15(24-3)18(17)25-19/h5-10H,4,11H2,1-3H3,(H,20,21,22). The van der Waals surface area contributed by atoms with Gasteiger partial charge in [0.05, 0.1) is 20.6 Å². The molecule has 25 heavy (non-hydrogen) atoms. The first-order valence-corrected chi connectivity index (χ1v) is 8.85. The quantitative estimate of drug-likeness (QED) is 0.724. The molecule has 1 N–H and O–H groups in total. The molecule has 0 spiro atoms. The maximum absolute atomic E-state index is 12.3. The number of benzene rings is 2. The van der Waals surface area contributed by atoms with Gasteiger partial charge in [0.25, 0.3) is 0 Å². The molecular formula is C19H20N2O3S. The van der Waals surface area contributed by atoms with E-state index >= 15 is 0 Å². The highest BCUT2D eigenvalue weighted by Crippen LogP contribution is 2.38. The summed E-state index contributed by atoms with van der Waals surface area (Å²) in [6.07, 6.45) is 1.30. The summed E-state index contributed by atoms with van der Waals surface area (Å²) in [5.41, 5.74) is 2.93. The summed E-state index contributed by atoms with van der Waals surface area (Å²) < 4.78 is 11.6. The highest BCUT2D eigenvalue weighted by atomic mass is 32.1. The highest BCUT2D eigenvalue weighted by Gasteiger charge is 2.15. The molecule has 0 fully saturated rings. The molecule has 0 aliphatic heterocycles. The largest absolute Gasteiger partial charge is 0.495 e. The SMILES string of the molecule is CCc1ccc(CC(=O)Nc2nc3c(OC)ccc(OC)c3s2)cc1. The first-order valence-electron chi connectivity index (χ1n) is 8.03. The lowest BCUT2D eigenvalue weighted by Crippen LogP contribution is -2.14. The number of carbonyl (C=O) groups excluding carboxylic acids is 1. The van der Waals surface area contributed by atoms with Crippen molar-refractivity contribution in [2.45, 2.75) is 19.8 Å². The molecule has 0 bridgehead atoms. The van der Waals surface area contributed by atoms with Crippen LogP contribution in [0.2, 0.25) is 0 Å². The van der Waals surface area contributed by atoms with Crippen LogP contribution in [0, 0.1) is 0 Å². The van der Waals surface area contributed by atoms with E-state index < -0.39 is 0 Å². The molecule has 3 aromatic rings. The molecular weight excluding hydrogens is 336 g/mol. The number of hydrogen-bond donors (Lipinski definition) is 1. The Bertz CT molecular complexity index is 847. The van der Waals surface area contributed by atoms with Crippen LogP contribution in [0.25, 0.3) is 10.2 Å².